The summed E-state index contributed by atoms with van der Waals surface area (Å²) in [5.74, 6) is -0.638. The zero-order valence-corrected chi connectivity index (χ0v) is 15.9. The van der Waals surface area contributed by atoms with Crippen LogP contribution in [0.5, 0.6) is 0 Å². The Kier molecular flexibility index (Phi) is 5.53. The Morgan fingerprint density at radius 2 is 2.07 bits per heavy atom. The van der Waals surface area contributed by atoms with Gasteiger partial charge < -0.3 is 5.32 Å². The molecule has 1 aromatic heterocycles. The summed E-state index contributed by atoms with van der Waals surface area (Å²) in [4.78, 5) is 24.3. The van der Waals surface area contributed by atoms with E-state index in [-0.39, 0.29) is 11.3 Å². The van der Waals surface area contributed by atoms with Gasteiger partial charge in [0.05, 0.1) is 10.5 Å². The highest BCUT2D eigenvalue weighted by Crippen LogP contribution is 2.37. The van der Waals surface area contributed by atoms with Crippen LogP contribution < -0.4 is 5.32 Å². The number of aryl methyl sites for hydroxylation is 2. The van der Waals surface area contributed by atoms with Crippen LogP contribution in [-0.2, 0) is 17.6 Å². The highest BCUT2D eigenvalue weighted by Gasteiger charge is 2.22. The molecule has 28 heavy (non-hydrogen) atoms. The van der Waals surface area contributed by atoms with Gasteiger partial charge in [0.2, 0.25) is 0 Å². The van der Waals surface area contributed by atoms with Gasteiger partial charge in [-0.1, -0.05) is 12.1 Å². The Morgan fingerprint density at radius 3 is 2.75 bits per heavy atom. The molecule has 0 aliphatic heterocycles. The largest absolute Gasteiger partial charge is 0.312 e. The summed E-state index contributed by atoms with van der Waals surface area (Å²) in [5, 5.41) is 33.1. The van der Waals surface area contributed by atoms with Crippen LogP contribution in [0, 0.1) is 39.7 Å². The number of amides is 1. The second-order valence-corrected chi connectivity index (χ2v) is 7.56. The Hall–Kier alpha value is -3.49. The third-order valence-corrected chi connectivity index (χ3v) is 5.82. The number of carbonyl (C=O) groups excluding carboxylic acids is 1. The van der Waals surface area contributed by atoms with Gasteiger partial charge in [0.1, 0.15) is 22.7 Å². The van der Waals surface area contributed by atoms with E-state index in [1.54, 1.807) is 19.1 Å². The predicted molar refractivity (Wildman–Crippen MR) is 106 cm³/mol. The predicted octanol–water partition coefficient (Wildman–Crippen LogP) is 4.26. The number of nitro benzene ring substituents is 1. The summed E-state index contributed by atoms with van der Waals surface area (Å²) in [5.41, 5.74) is 2.07. The number of anilines is 1. The lowest BCUT2D eigenvalue weighted by atomic mass is 9.96. The maximum absolute atomic E-state index is 12.6. The minimum atomic E-state index is -0.638. The smallest absolute Gasteiger partial charge is 0.272 e. The summed E-state index contributed by atoms with van der Waals surface area (Å²) in [7, 11) is 0. The van der Waals surface area contributed by atoms with E-state index >= 15 is 0 Å². The van der Waals surface area contributed by atoms with Gasteiger partial charge in [-0.15, -0.1) is 11.3 Å². The first kappa shape index (κ1) is 19.3. The Balaban J connectivity index is 1.90. The molecule has 1 heterocycles. The minimum Gasteiger partial charge on any atom is -0.312 e. The number of benzene rings is 1. The average Bonchev–Trinajstić information content (AvgIpc) is 3.03. The molecule has 0 unspecified atom stereocenters. The van der Waals surface area contributed by atoms with Crippen molar-refractivity contribution in [3.8, 4) is 12.1 Å². The zero-order valence-electron chi connectivity index (χ0n) is 15.1. The molecule has 1 aliphatic carbocycles. The molecule has 140 valence electrons. The fourth-order valence-electron chi connectivity index (χ4n) is 3.17. The molecule has 0 spiro atoms. The summed E-state index contributed by atoms with van der Waals surface area (Å²) >= 11 is 1.38. The SMILES string of the molecule is Cc1ccc(/C=C(\C#N)C(=O)Nc2sc3c(c2C#N)CCCC3)cc1[N+](=O)[O-]. The van der Waals surface area contributed by atoms with E-state index in [9.17, 15) is 25.4 Å². The van der Waals surface area contributed by atoms with Crippen molar-refractivity contribution >= 4 is 34.0 Å². The zero-order chi connectivity index (χ0) is 20.3. The molecule has 0 atom stereocenters. The lowest BCUT2D eigenvalue weighted by molar-refractivity contribution is -0.385. The van der Waals surface area contributed by atoms with E-state index in [1.165, 1.54) is 23.5 Å². The van der Waals surface area contributed by atoms with Crippen LogP contribution in [0.3, 0.4) is 0 Å². The molecule has 0 saturated carbocycles. The van der Waals surface area contributed by atoms with E-state index in [0.717, 1.165) is 36.1 Å². The van der Waals surface area contributed by atoms with Crippen LogP contribution in [0.25, 0.3) is 6.08 Å². The van der Waals surface area contributed by atoms with Crippen LogP contribution in [0.1, 0.15) is 40.0 Å². The van der Waals surface area contributed by atoms with E-state index in [1.807, 2.05) is 6.07 Å². The van der Waals surface area contributed by atoms with Crippen molar-refractivity contribution in [3.05, 3.63) is 61.0 Å². The Labute approximate surface area is 165 Å². The molecule has 2 aromatic rings. The fraction of sp³-hybridized carbons (Fsp3) is 0.250. The summed E-state index contributed by atoms with van der Waals surface area (Å²) in [6.07, 6.45) is 5.08. The van der Waals surface area contributed by atoms with Crippen molar-refractivity contribution in [1.82, 2.24) is 0 Å². The first-order chi connectivity index (χ1) is 13.4. The standard InChI is InChI=1S/C20H16N4O3S/c1-12-6-7-13(9-17(12)24(26)27)8-14(10-21)19(25)23-20-16(11-22)15-4-2-3-5-18(15)28-20/h6-9H,2-5H2,1H3,(H,23,25)/b14-8+. The van der Waals surface area contributed by atoms with E-state index < -0.39 is 10.8 Å². The van der Waals surface area contributed by atoms with Crippen LogP contribution in [-0.4, -0.2) is 10.8 Å². The van der Waals surface area contributed by atoms with Gasteiger partial charge in [0, 0.05) is 16.5 Å². The van der Waals surface area contributed by atoms with Gasteiger partial charge in [-0.25, -0.2) is 0 Å². The second-order valence-electron chi connectivity index (χ2n) is 6.45. The van der Waals surface area contributed by atoms with Crippen molar-refractivity contribution in [2.24, 2.45) is 0 Å². The summed E-state index contributed by atoms with van der Waals surface area (Å²) in [6.45, 7) is 1.62. The van der Waals surface area contributed by atoms with E-state index in [4.69, 9.17) is 0 Å². The monoisotopic (exact) mass is 392 g/mol. The van der Waals surface area contributed by atoms with E-state index in [2.05, 4.69) is 11.4 Å². The lowest BCUT2D eigenvalue weighted by Gasteiger charge is -2.09. The number of nitrogens with one attached hydrogen (secondary N) is 1. The molecule has 1 aromatic carbocycles. The molecular weight excluding hydrogens is 376 g/mol. The number of nitro groups is 1. The second kappa shape index (κ2) is 8.03. The summed E-state index contributed by atoms with van der Waals surface area (Å²) < 4.78 is 0. The first-order valence-electron chi connectivity index (χ1n) is 8.67. The van der Waals surface area contributed by atoms with Crippen molar-refractivity contribution in [3.63, 3.8) is 0 Å². The Bertz CT molecular complexity index is 1090. The van der Waals surface area contributed by atoms with Crippen LogP contribution in [0.2, 0.25) is 0 Å². The van der Waals surface area contributed by atoms with Crippen molar-refractivity contribution in [2.45, 2.75) is 32.6 Å². The third-order valence-electron chi connectivity index (χ3n) is 4.62. The number of thiophene rings is 1. The van der Waals surface area contributed by atoms with Crippen LogP contribution in [0.15, 0.2) is 23.8 Å². The molecule has 0 bridgehead atoms. The maximum atomic E-state index is 12.6. The van der Waals surface area contributed by atoms with Crippen molar-refractivity contribution in [2.75, 3.05) is 5.32 Å². The quantitative estimate of drug-likeness (QED) is 0.361. The van der Waals surface area contributed by atoms with Gasteiger partial charge in [-0.05, 0) is 49.8 Å². The normalized spacial score (nSPS) is 13.2. The molecule has 0 fully saturated rings. The fourth-order valence-corrected chi connectivity index (χ4v) is 4.41. The van der Waals surface area contributed by atoms with Gasteiger partial charge >= 0.3 is 0 Å². The highest BCUT2D eigenvalue weighted by molar-refractivity contribution is 7.16. The lowest BCUT2D eigenvalue weighted by Crippen LogP contribution is -2.13. The first-order valence-corrected chi connectivity index (χ1v) is 9.49. The molecule has 3 rings (SSSR count). The highest BCUT2D eigenvalue weighted by atomic mass is 32.1. The van der Waals surface area contributed by atoms with Gasteiger partial charge in [0.15, 0.2) is 0 Å². The maximum Gasteiger partial charge on any atom is 0.272 e. The molecule has 0 radical (unpaired) electrons. The number of hydrogen-bond acceptors (Lipinski definition) is 6. The Morgan fingerprint density at radius 1 is 1.32 bits per heavy atom. The van der Waals surface area contributed by atoms with Crippen molar-refractivity contribution in [1.29, 1.82) is 10.5 Å². The van der Waals surface area contributed by atoms with Gasteiger partial charge in [-0.2, -0.15) is 10.5 Å². The van der Waals surface area contributed by atoms with Crippen LogP contribution in [0.4, 0.5) is 10.7 Å². The molecule has 7 nitrogen and oxygen atoms in total. The number of hydrogen-bond donors (Lipinski definition) is 1. The number of rotatable bonds is 4. The minimum absolute atomic E-state index is 0.0795. The van der Waals surface area contributed by atoms with E-state index in [0.29, 0.717) is 21.7 Å². The molecular formula is C20H16N4O3S. The molecule has 1 N–H and O–H groups in total. The number of nitriles is 2. The molecule has 1 amide bonds. The van der Waals surface area contributed by atoms with Crippen LogP contribution >= 0.6 is 11.3 Å². The van der Waals surface area contributed by atoms with Crippen molar-refractivity contribution < 1.29 is 9.72 Å². The number of fused-ring (bicyclic) bond motifs is 1. The molecule has 1 aliphatic rings. The number of nitrogens with zero attached hydrogens (tertiary/aromatic N) is 3. The third kappa shape index (κ3) is 3.78. The summed E-state index contributed by atoms with van der Waals surface area (Å²) in [6, 6.07) is 8.49. The van der Waals surface area contributed by atoms with Gasteiger partial charge in [0.25, 0.3) is 11.6 Å². The van der Waals surface area contributed by atoms with Gasteiger partial charge in [-0.3, -0.25) is 14.9 Å². The molecule has 8 heteroatoms. The molecule has 0 saturated heterocycles. The number of carbonyl (C=O) groups is 1. The average molecular weight is 392 g/mol. The topological polar surface area (TPSA) is 120 Å².